The van der Waals surface area contributed by atoms with Crippen molar-refractivity contribution in [2.75, 3.05) is 11.9 Å². The monoisotopic (exact) mass is 283 g/mol. The smallest absolute Gasteiger partial charge is 0.248 e. The van der Waals surface area contributed by atoms with Crippen LogP contribution in [-0.2, 0) is 0 Å². The second kappa shape index (κ2) is 6.90. The number of amides is 1. The first-order chi connectivity index (χ1) is 10.1. The highest BCUT2D eigenvalue weighted by molar-refractivity contribution is 5.94. The van der Waals surface area contributed by atoms with Crippen LogP contribution in [0.2, 0.25) is 0 Å². The maximum atomic E-state index is 11.2. The average Bonchev–Trinajstić information content (AvgIpc) is 2.47. The minimum Gasteiger partial charge on any atom is -0.385 e. The number of nitrogens with one attached hydrogen (secondary N) is 1. The van der Waals surface area contributed by atoms with Crippen molar-refractivity contribution >= 4 is 11.6 Å². The molecule has 0 saturated heterocycles. The number of primary amides is 1. The third-order valence-corrected chi connectivity index (χ3v) is 3.50. The molecule has 2 aromatic carbocycles. The molecule has 4 heteroatoms. The molecule has 0 heterocycles. The fourth-order valence-electron chi connectivity index (χ4n) is 2.29. The molecule has 0 spiro atoms. The Morgan fingerprint density at radius 2 is 1.90 bits per heavy atom. The minimum absolute atomic E-state index is 0.0182. The van der Waals surface area contributed by atoms with Crippen molar-refractivity contribution < 1.29 is 4.79 Å². The Morgan fingerprint density at radius 1 is 1.19 bits per heavy atom. The molecule has 5 N–H and O–H groups in total. The molecule has 0 aromatic heterocycles. The molecular formula is C17H21N3O. The van der Waals surface area contributed by atoms with E-state index in [0.29, 0.717) is 5.56 Å². The molecule has 1 amide bonds. The van der Waals surface area contributed by atoms with Crippen molar-refractivity contribution in [3.8, 4) is 0 Å². The van der Waals surface area contributed by atoms with Gasteiger partial charge in [-0.1, -0.05) is 30.3 Å². The number of benzene rings is 2. The quantitative estimate of drug-likeness (QED) is 0.762. The Balaban J connectivity index is 1.89. The highest BCUT2D eigenvalue weighted by atomic mass is 16.1. The maximum absolute atomic E-state index is 11.2. The van der Waals surface area contributed by atoms with Gasteiger partial charge in [0.15, 0.2) is 0 Å². The Morgan fingerprint density at radius 3 is 2.52 bits per heavy atom. The van der Waals surface area contributed by atoms with Crippen LogP contribution in [0.25, 0.3) is 0 Å². The van der Waals surface area contributed by atoms with Crippen molar-refractivity contribution in [1.29, 1.82) is 0 Å². The van der Waals surface area contributed by atoms with Gasteiger partial charge in [0.1, 0.15) is 0 Å². The van der Waals surface area contributed by atoms with Gasteiger partial charge >= 0.3 is 0 Å². The zero-order chi connectivity index (χ0) is 15.2. The van der Waals surface area contributed by atoms with Gasteiger partial charge in [-0.25, -0.2) is 0 Å². The summed E-state index contributed by atoms with van der Waals surface area (Å²) in [7, 11) is 0. The molecule has 1 atom stereocenters. The van der Waals surface area contributed by atoms with Crippen molar-refractivity contribution in [1.82, 2.24) is 0 Å². The standard InChI is InChI=1S/C17H21N3O/c1-12-11-14(7-8-15(12)17(19)21)20-10-9-16(18)13-5-3-2-4-6-13/h2-8,11,16,20H,9-10,18H2,1H3,(H2,19,21). The van der Waals surface area contributed by atoms with Gasteiger partial charge in [-0.05, 0) is 42.7 Å². The molecule has 0 aliphatic rings. The highest BCUT2D eigenvalue weighted by Crippen LogP contribution is 2.17. The number of hydrogen-bond acceptors (Lipinski definition) is 3. The van der Waals surface area contributed by atoms with Crippen molar-refractivity contribution in [3.63, 3.8) is 0 Å². The number of anilines is 1. The fraction of sp³-hybridized carbons (Fsp3) is 0.235. The molecule has 1 unspecified atom stereocenters. The Kier molecular flexibility index (Phi) is 4.95. The van der Waals surface area contributed by atoms with E-state index in [1.54, 1.807) is 6.07 Å². The van der Waals surface area contributed by atoms with Gasteiger partial charge in [-0.15, -0.1) is 0 Å². The molecule has 110 valence electrons. The van der Waals surface area contributed by atoms with Crippen LogP contribution < -0.4 is 16.8 Å². The van der Waals surface area contributed by atoms with Gasteiger partial charge < -0.3 is 16.8 Å². The lowest BCUT2D eigenvalue weighted by Gasteiger charge is -2.14. The van der Waals surface area contributed by atoms with Gasteiger partial charge in [0.2, 0.25) is 5.91 Å². The minimum atomic E-state index is -0.398. The molecule has 0 radical (unpaired) electrons. The third-order valence-electron chi connectivity index (χ3n) is 3.50. The van der Waals surface area contributed by atoms with E-state index in [-0.39, 0.29) is 6.04 Å². The van der Waals surface area contributed by atoms with Crippen molar-refractivity contribution in [2.45, 2.75) is 19.4 Å². The fourth-order valence-corrected chi connectivity index (χ4v) is 2.29. The maximum Gasteiger partial charge on any atom is 0.248 e. The van der Waals surface area contributed by atoms with Crippen molar-refractivity contribution in [3.05, 3.63) is 65.2 Å². The van der Waals surface area contributed by atoms with E-state index in [1.807, 2.05) is 49.4 Å². The molecule has 4 nitrogen and oxygen atoms in total. The van der Waals surface area contributed by atoms with E-state index >= 15 is 0 Å². The van der Waals surface area contributed by atoms with Gasteiger partial charge in [0.25, 0.3) is 0 Å². The van der Waals surface area contributed by atoms with Crippen molar-refractivity contribution in [2.24, 2.45) is 11.5 Å². The summed E-state index contributed by atoms with van der Waals surface area (Å²) in [6.45, 7) is 2.65. The third kappa shape index (κ3) is 4.07. The lowest BCUT2D eigenvalue weighted by Crippen LogP contribution is -2.16. The Labute approximate surface area is 125 Å². The van der Waals surface area contributed by atoms with Crippen LogP contribution in [-0.4, -0.2) is 12.5 Å². The predicted molar refractivity (Wildman–Crippen MR) is 86.2 cm³/mol. The average molecular weight is 283 g/mol. The van der Waals surface area contributed by atoms with Gasteiger partial charge in [-0.2, -0.15) is 0 Å². The molecule has 21 heavy (non-hydrogen) atoms. The first kappa shape index (κ1) is 15.1. The normalized spacial score (nSPS) is 11.9. The molecule has 0 fully saturated rings. The molecule has 0 aliphatic carbocycles. The van der Waals surface area contributed by atoms with E-state index in [9.17, 15) is 4.79 Å². The van der Waals surface area contributed by atoms with Crippen LogP contribution in [0.1, 0.15) is 33.9 Å². The summed E-state index contributed by atoms with van der Waals surface area (Å²) in [5, 5.41) is 3.32. The van der Waals surface area contributed by atoms with E-state index in [2.05, 4.69) is 5.32 Å². The SMILES string of the molecule is Cc1cc(NCCC(N)c2ccccc2)ccc1C(N)=O. The molecule has 0 saturated carbocycles. The Bertz CT molecular complexity index is 611. The number of carbonyl (C=O) groups is 1. The van der Waals surface area contributed by atoms with E-state index in [0.717, 1.165) is 29.8 Å². The zero-order valence-corrected chi connectivity index (χ0v) is 12.2. The van der Waals surface area contributed by atoms with E-state index < -0.39 is 5.91 Å². The summed E-state index contributed by atoms with van der Waals surface area (Å²) in [6.07, 6.45) is 0.834. The van der Waals surface area contributed by atoms with Crippen LogP contribution >= 0.6 is 0 Å². The van der Waals surface area contributed by atoms with E-state index in [4.69, 9.17) is 11.5 Å². The lowest BCUT2D eigenvalue weighted by atomic mass is 10.0. The summed E-state index contributed by atoms with van der Waals surface area (Å²) in [5.74, 6) is -0.398. The summed E-state index contributed by atoms with van der Waals surface area (Å²) in [4.78, 5) is 11.2. The number of nitrogens with two attached hydrogens (primary N) is 2. The molecule has 0 bridgehead atoms. The largest absolute Gasteiger partial charge is 0.385 e. The summed E-state index contributed by atoms with van der Waals surface area (Å²) < 4.78 is 0. The highest BCUT2D eigenvalue weighted by Gasteiger charge is 2.07. The molecule has 2 rings (SSSR count). The zero-order valence-electron chi connectivity index (χ0n) is 12.2. The summed E-state index contributed by atoms with van der Waals surface area (Å²) in [6, 6.07) is 15.6. The summed E-state index contributed by atoms with van der Waals surface area (Å²) >= 11 is 0. The molecular weight excluding hydrogens is 262 g/mol. The second-order valence-corrected chi connectivity index (χ2v) is 5.13. The van der Waals surface area contributed by atoms with Crippen LogP contribution in [0.5, 0.6) is 0 Å². The van der Waals surface area contributed by atoms with Gasteiger partial charge in [0.05, 0.1) is 0 Å². The van der Waals surface area contributed by atoms with Gasteiger partial charge in [-0.3, -0.25) is 4.79 Å². The Hall–Kier alpha value is -2.33. The van der Waals surface area contributed by atoms with Crippen LogP contribution in [0.4, 0.5) is 5.69 Å². The van der Waals surface area contributed by atoms with Crippen LogP contribution in [0.3, 0.4) is 0 Å². The topological polar surface area (TPSA) is 81.1 Å². The predicted octanol–water partition coefficient (Wildman–Crippen LogP) is 2.60. The second-order valence-electron chi connectivity index (χ2n) is 5.13. The lowest BCUT2D eigenvalue weighted by molar-refractivity contribution is 0.1000. The van der Waals surface area contributed by atoms with E-state index in [1.165, 1.54) is 0 Å². The summed E-state index contributed by atoms with van der Waals surface area (Å²) in [5.41, 5.74) is 15.0. The number of carbonyl (C=O) groups excluding carboxylic acids is 1. The van der Waals surface area contributed by atoms with Crippen LogP contribution in [0.15, 0.2) is 48.5 Å². The van der Waals surface area contributed by atoms with Crippen LogP contribution in [0, 0.1) is 6.92 Å². The number of rotatable bonds is 6. The first-order valence-corrected chi connectivity index (χ1v) is 7.03. The first-order valence-electron chi connectivity index (χ1n) is 7.03. The molecule has 0 aliphatic heterocycles. The number of aryl methyl sites for hydroxylation is 1. The molecule has 2 aromatic rings. The van der Waals surface area contributed by atoms with Gasteiger partial charge in [0, 0.05) is 23.8 Å². The number of hydrogen-bond donors (Lipinski definition) is 3.